The summed E-state index contributed by atoms with van der Waals surface area (Å²) in [4.78, 5) is 0. The summed E-state index contributed by atoms with van der Waals surface area (Å²) in [5, 5.41) is 12.4. The zero-order valence-corrected chi connectivity index (χ0v) is 11.8. The molecule has 0 saturated heterocycles. The van der Waals surface area contributed by atoms with E-state index in [0.717, 1.165) is 18.9 Å². The summed E-state index contributed by atoms with van der Waals surface area (Å²) in [6.07, 6.45) is 11.0. The van der Waals surface area contributed by atoms with Crippen molar-refractivity contribution >= 4 is 0 Å². The Kier molecular flexibility index (Phi) is 7.87. The normalized spacial score (nSPS) is 21.4. The number of hydrogen-bond acceptors (Lipinski definition) is 2. The molecule has 0 amide bonds. The number of rotatable bonds is 8. The Morgan fingerprint density at radius 3 is 2.47 bits per heavy atom. The SMILES string of the molecule is CC(CCO)CNC(C)CCC1CCCCC1. The van der Waals surface area contributed by atoms with E-state index in [0.29, 0.717) is 18.6 Å². The molecule has 2 heteroatoms. The molecule has 1 fully saturated rings. The van der Waals surface area contributed by atoms with Crippen LogP contribution in [0.25, 0.3) is 0 Å². The molecular formula is C15H31NO. The van der Waals surface area contributed by atoms with Crippen LogP contribution in [0.5, 0.6) is 0 Å². The largest absolute Gasteiger partial charge is 0.396 e. The molecular weight excluding hydrogens is 210 g/mol. The number of aliphatic hydroxyl groups is 1. The minimum atomic E-state index is 0.319. The van der Waals surface area contributed by atoms with Crippen molar-refractivity contribution in [3.63, 3.8) is 0 Å². The van der Waals surface area contributed by atoms with E-state index in [9.17, 15) is 0 Å². The van der Waals surface area contributed by atoms with E-state index in [1.807, 2.05) is 0 Å². The molecule has 0 bridgehead atoms. The molecule has 0 radical (unpaired) electrons. The van der Waals surface area contributed by atoms with Crippen molar-refractivity contribution in [3.8, 4) is 0 Å². The fourth-order valence-electron chi connectivity index (χ4n) is 2.79. The highest BCUT2D eigenvalue weighted by atomic mass is 16.3. The summed E-state index contributed by atoms with van der Waals surface area (Å²) in [5.74, 6) is 1.60. The maximum atomic E-state index is 8.85. The van der Waals surface area contributed by atoms with Gasteiger partial charge in [-0.15, -0.1) is 0 Å². The van der Waals surface area contributed by atoms with Gasteiger partial charge in [0.05, 0.1) is 0 Å². The van der Waals surface area contributed by atoms with E-state index in [1.54, 1.807) is 0 Å². The molecule has 1 aliphatic carbocycles. The van der Waals surface area contributed by atoms with Gasteiger partial charge in [0.1, 0.15) is 0 Å². The van der Waals surface area contributed by atoms with Gasteiger partial charge in [0, 0.05) is 12.6 Å². The maximum absolute atomic E-state index is 8.85. The Morgan fingerprint density at radius 1 is 1.12 bits per heavy atom. The van der Waals surface area contributed by atoms with Crippen molar-refractivity contribution in [1.29, 1.82) is 0 Å². The van der Waals surface area contributed by atoms with E-state index in [-0.39, 0.29) is 0 Å². The quantitative estimate of drug-likeness (QED) is 0.683. The van der Waals surface area contributed by atoms with Gasteiger partial charge in [-0.05, 0) is 44.6 Å². The topological polar surface area (TPSA) is 32.3 Å². The predicted octanol–water partition coefficient (Wildman–Crippen LogP) is 3.34. The molecule has 2 unspecified atom stereocenters. The second-order valence-corrected chi connectivity index (χ2v) is 6.01. The van der Waals surface area contributed by atoms with Crippen LogP contribution in [0.2, 0.25) is 0 Å². The molecule has 1 saturated carbocycles. The fraction of sp³-hybridized carbons (Fsp3) is 1.00. The first-order valence-corrected chi connectivity index (χ1v) is 7.56. The highest BCUT2D eigenvalue weighted by Gasteiger charge is 2.14. The highest BCUT2D eigenvalue weighted by molar-refractivity contribution is 4.70. The standard InChI is InChI=1S/C15H31NO/c1-13(10-11-17)12-16-14(2)8-9-15-6-4-3-5-7-15/h13-17H,3-12H2,1-2H3. The van der Waals surface area contributed by atoms with Crippen LogP contribution < -0.4 is 5.32 Å². The second-order valence-electron chi connectivity index (χ2n) is 6.01. The van der Waals surface area contributed by atoms with Crippen molar-refractivity contribution in [1.82, 2.24) is 5.32 Å². The van der Waals surface area contributed by atoms with Crippen LogP contribution >= 0.6 is 0 Å². The zero-order valence-electron chi connectivity index (χ0n) is 11.8. The van der Waals surface area contributed by atoms with Gasteiger partial charge in [-0.1, -0.05) is 39.0 Å². The monoisotopic (exact) mass is 241 g/mol. The predicted molar refractivity (Wildman–Crippen MR) is 74.1 cm³/mol. The highest BCUT2D eigenvalue weighted by Crippen LogP contribution is 2.27. The van der Waals surface area contributed by atoms with Crippen LogP contribution in [0.1, 0.15) is 65.2 Å². The molecule has 0 aromatic carbocycles. The van der Waals surface area contributed by atoms with Crippen LogP contribution in [0.15, 0.2) is 0 Å². The van der Waals surface area contributed by atoms with Gasteiger partial charge in [-0.2, -0.15) is 0 Å². The lowest BCUT2D eigenvalue weighted by Crippen LogP contribution is -2.31. The van der Waals surface area contributed by atoms with Gasteiger partial charge in [0.15, 0.2) is 0 Å². The summed E-state index contributed by atoms with van der Waals surface area (Å²) in [7, 11) is 0. The zero-order chi connectivity index (χ0) is 12.5. The van der Waals surface area contributed by atoms with Crippen molar-refractivity contribution in [2.45, 2.75) is 71.3 Å². The summed E-state index contributed by atoms with van der Waals surface area (Å²) in [6.45, 7) is 5.87. The first-order valence-electron chi connectivity index (χ1n) is 7.56. The third-order valence-corrected chi connectivity index (χ3v) is 4.17. The smallest absolute Gasteiger partial charge is 0.0434 e. The van der Waals surface area contributed by atoms with Crippen LogP contribution in [0, 0.1) is 11.8 Å². The molecule has 1 rings (SSSR count). The van der Waals surface area contributed by atoms with Gasteiger partial charge < -0.3 is 10.4 Å². The van der Waals surface area contributed by atoms with E-state index >= 15 is 0 Å². The van der Waals surface area contributed by atoms with Gasteiger partial charge in [-0.25, -0.2) is 0 Å². The average molecular weight is 241 g/mol. The lowest BCUT2D eigenvalue weighted by Gasteiger charge is -2.24. The Bertz CT molecular complexity index is 178. The Hall–Kier alpha value is -0.0800. The van der Waals surface area contributed by atoms with Crippen LogP contribution in [0.3, 0.4) is 0 Å². The lowest BCUT2D eigenvalue weighted by atomic mass is 9.85. The molecule has 0 spiro atoms. The first-order chi connectivity index (χ1) is 8.22. The minimum Gasteiger partial charge on any atom is -0.396 e. The van der Waals surface area contributed by atoms with Crippen molar-refractivity contribution in [2.75, 3.05) is 13.2 Å². The summed E-state index contributed by atoms with van der Waals surface area (Å²) in [6, 6.07) is 0.637. The van der Waals surface area contributed by atoms with Gasteiger partial charge >= 0.3 is 0 Å². The third kappa shape index (κ3) is 7.05. The Morgan fingerprint density at radius 2 is 1.82 bits per heavy atom. The molecule has 0 aromatic heterocycles. The average Bonchev–Trinajstić information content (AvgIpc) is 2.35. The van der Waals surface area contributed by atoms with Crippen molar-refractivity contribution in [2.24, 2.45) is 11.8 Å². The molecule has 2 atom stereocenters. The molecule has 0 aromatic rings. The number of aliphatic hydroxyl groups excluding tert-OH is 1. The minimum absolute atomic E-state index is 0.319. The van der Waals surface area contributed by atoms with Gasteiger partial charge in [0.2, 0.25) is 0 Å². The van der Waals surface area contributed by atoms with Gasteiger partial charge in [-0.3, -0.25) is 0 Å². The van der Waals surface area contributed by atoms with E-state index < -0.39 is 0 Å². The van der Waals surface area contributed by atoms with E-state index in [1.165, 1.54) is 44.9 Å². The summed E-state index contributed by atoms with van der Waals surface area (Å²) < 4.78 is 0. The third-order valence-electron chi connectivity index (χ3n) is 4.17. The van der Waals surface area contributed by atoms with E-state index in [2.05, 4.69) is 19.2 Å². The van der Waals surface area contributed by atoms with Crippen LogP contribution in [-0.2, 0) is 0 Å². The first kappa shape index (κ1) is 15.0. The molecule has 0 aliphatic heterocycles. The molecule has 2 N–H and O–H groups in total. The van der Waals surface area contributed by atoms with Crippen LogP contribution in [-0.4, -0.2) is 24.3 Å². The van der Waals surface area contributed by atoms with Crippen molar-refractivity contribution < 1.29 is 5.11 Å². The molecule has 102 valence electrons. The fourth-order valence-corrected chi connectivity index (χ4v) is 2.79. The molecule has 2 nitrogen and oxygen atoms in total. The Balaban J connectivity index is 2.01. The van der Waals surface area contributed by atoms with Crippen molar-refractivity contribution in [3.05, 3.63) is 0 Å². The molecule has 0 heterocycles. The number of hydrogen-bond donors (Lipinski definition) is 2. The maximum Gasteiger partial charge on any atom is 0.0434 e. The lowest BCUT2D eigenvalue weighted by molar-refractivity contribution is 0.256. The number of nitrogens with one attached hydrogen (secondary N) is 1. The summed E-state index contributed by atoms with van der Waals surface area (Å²) in [5.41, 5.74) is 0. The summed E-state index contributed by atoms with van der Waals surface area (Å²) >= 11 is 0. The molecule has 1 aliphatic rings. The molecule has 17 heavy (non-hydrogen) atoms. The Labute approximate surface area is 107 Å². The van der Waals surface area contributed by atoms with E-state index in [4.69, 9.17) is 5.11 Å². The van der Waals surface area contributed by atoms with Gasteiger partial charge in [0.25, 0.3) is 0 Å². The second kappa shape index (κ2) is 8.93. The van der Waals surface area contributed by atoms with Crippen LogP contribution in [0.4, 0.5) is 0 Å².